The Kier molecular flexibility index (Phi) is 4.97. The highest BCUT2D eigenvalue weighted by atomic mass is 16.5. The average molecular weight is 262 g/mol. The molecule has 0 bridgehead atoms. The van der Waals surface area contributed by atoms with Gasteiger partial charge in [0, 0.05) is 0 Å². The number of carbonyl (C=O) groups excluding carboxylic acids is 1. The number of hydrogen-bond donors (Lipinski definition) is 1. The highest BCUT2D eigenvalue weighted by Crippen LogP contribution is 2.31. The highest BCUT2D eigenvalue weighted by molar-refractivity contribution is 5.72. The van der Waals surface area contributed by atoms with Gasteiger partial charge in [-0.25, -0.2) is 0 Å². The lowest BCUT2D eigenvalue weighted by Crippen LogP contribution is -2.28. The number of ether oxygens (including phenoxy) is 1. The molecule has 0 spiro atoms. The van der Waals surface area contributed by atoms with E-state index in [1.54, 1.807) is 0 Å². The standard InChI is InChI=1S/C16H22O3/c1-12(17)14-7-9-15(10-8-14)16(18)19-11-13-5-3-2-4-6-13/h2-6,12,14-15,17H,7-11H2,1H3/t12?,14-,15-. The summed E-state index contributed by atoms with van der Waals surface area (Å²) in [6.07, 6.45) is 3.25. The molecular weight excluding hydrogens is 240 g/mol. The Hall–Kier alpha value is -1.35. The van der Waals surface area contributed by atoms with Crippen LogP contribution < -0.4 is 0 Å². The van der Waals surface area contributed by atoms with Gasteiger partial charge >= 0.3 is 5.97 Å². The molecule has 1 atom stereocenters. The van der Waals surface area contributed by atoms with E-state index in [1.807, 2.05) is 37.3 Å². The third-order valence-corrected chi connectivity index (χ3v) is 4.01. The van der Waals surface area contributed by atoms with Crippen LogP contribution in [0.2, 0.25) is 0 Å². The number of aliphatic hydroxyl groups is 1. The summed E-state index contributed by atoms with van der Waals surface area (Å²) in [6.45, 7) is 2.19. The Morgan fingerprint density at radius 1 is 1.26 bits per heavy atom. The first-order valence-electron chi connectivity index (χ1n) is 7.05. The molecule has 1 saturated carbocycles. The van der Waals surface area contributed by atoms with Crippen LogP contribution >= 0.6 is 0 Å². The van der Waals surface area contributed by atoms with E-state index in [1.165, 1.54) is 0 Å². The van der Waals surface area contributed by atoms with Crippen LogP contribution in [0.3, 0.4) is 0 Å². The van der Waals surface area contributed by atoms with Crippen molar-refractivity contribution in [3.05, 3.63) is 35.9 Å². The van der Waals surface area contributed by atoms with Crippen molar-refractivity contribution in [2.24, 2.45) is 11.8 Å². The first-order chi connectivity index (χ1) is 9.16. The third-order valence-electron chi connectivity index (χ3n) is 4.01. The molecule has 1 fully saturated rings. The van der Waals surface area contributed by atoms with Crippen LogP contribution in [0.4, 0.5) is 0 Å². The van der Waals surface area contributed by atoms with Gasteiger partial charge in [-0.3, -0.25) is 4.79 Å². The van der Waals surface area contributed by atoms with Gasteiger partial charge in [0.15, 0.2) is 0 Å². The predicted octanol–water partition coefficient (Wildman–Crippen LogP) is 2.92. The maximum absolute atomic E-state index is 12.0. The summed E-state index contributed by atoms with van der Waals surface area (Å²) in [5, 5.41) is 9.54. The Labute approximate surface area is 114 Å². The van der Waals surface area contributed by atoms with Gasteiger partial charge in [0.05, 0.1) is 12.0 Å². The zero-order valence-corrected chi connectivity index (χ0v) is 11.4. The van der Waals surface area contributed by atoms with Crippen LogP contribution in [0.5, 0.6) is 0 Å². The second kappa shape index (κ2) is 6.71. The average Bonchev–Trinajstić information content (AvgIpc) is 2.46. The fourth-order valence-corrected chi connectivity index (χ4v) is 2.68. The fourth-order valence-electron chi connectivity index (χ4n) is 2.68. The number of hydrogen-bond acceptors (Lipinski definition) is 3. The van der Waals surface area contributed by atoms with E-state index in [2.05, 4.69) is 0 Å². The molecule has 0 aromatic heterocycles. The maximum atomic E-state index is 12.0. The molecule has 3 heteroatoms. The summed E-state index contributed by atoms with van der Waals surface area (Å²) in [5.41, 5.74) is 1.02. The van der Waals surface area contributed by atoms with Gasteiger partial charge in [-0.05, 0) is 44.1 Å². The fraction of sp³-hybridized carbons (Fsp3) is 0.562. The van der Waals surface area contributed by atoms with Gasteiger partial charge in [-0.1, -0.05) is 30.3 Å². The van der Waals surface area contributed by atoms with Crippen LogP contribution in [0, 0.1) is 11.8 Å². The SMILES string of the molecule is CC(O)[C@H]1CC[C@H](C(=O)OCc2ccccc2)CC1. The molecule has 1 N–H and O–H groups in total. The molecule has 104 valence electrons. The molecule has 0 radical (unpaired) electrons. The molecule has 1 aliphatic rings. The molecule has 1 unspecified atom stereocenters. The second-order valence-corrected chi connectivity index (χ2v) is 5.45. The minimum atomic E-state index is -0.263. The normalized spacial score (nSPS) is 24.7. The van der Waals surface area contributed by atoms with E-state index in [0.717, 1.165) is 31.2 Å². The van der Waals surface area contributed by atoms with Crippen LogP contribution in [-0.4, -0.2) is 17.2 Å². The maximum Gasteiger partial charge on any atom is 0.309 e. The van der Waals surface area contributed by atoms with E-state index in [4.69, 9.17) is 4.74 Å². The van der Waals surface area contributed by atoms with Crippen molar-refractivity contribution in [3.8, 4) is 0 Å². The van der Waals surface area contributed by atoms with Gasteiger partial charge in [0.2, 0.25) is 0 Å². The molecule has 3 nitrogen and oxygen atoms in total. The molecule has 19 heavy (non-hydrogen) atoms. The van der Waals surface area contributed by atoms with Crippen molar-refractivity contribution in [2.75, 3.05) is 0 Å². The molecule has 1 aliphatic carbocycles. The number of aliphatic hydroxyl groups excluding tert-OH is 1. The topological polar surface area (TPSA) is 46.5 Å². The van der Waals surface area contributed by atoms with Crippen molar-refractivity contribution in [1.82, 2.24) is 0 Å². The summed E-state index contributed by atoms with van der Waals surface area (Å²) >= 11 is 0. The number of benzene rings is 1. The first-order valence-corrected chi connectivity index (χ1v) is 7.05. The molecule has 0 amide bonds. The Bertz CT molecular complexity index is 392. The molecule has 0 heterocycles. The minimum Gasteiger partial charge on any atom is -0.461 e. The largest absolute Gasteiger partial charge is 0.461 e. The van der Waals surface area contributed by atoms with E-state index in [0.29, 0.717) is 12.5 Å². The number of esters is 1. The first kappa shape index (κ1) is 14.1. The lowest BCUT2D eigenvalue weighted by Gasteiger charge is -2.28. The smallest absolute Gasteiger partial charge is 0.309 e. The van der Waals surface area contributed by atoms with Crippen molar-refractivity contribution in [3.63, 3.8) is 0 Å². The van der Waals surface area contributed by atoms with E-state index in [-0.39, 0.29) is 18.0 Å². The zero-order valence-electron chi connectivity index (χ0n) is 11.4. The monoisotopic (exact) mass is 262 g/mol. The van der Waals surface area contributed by atoms with Crippen molar-refractivity contribution < 1.29 is 14.6 Å². The Morgan fingerprint density at radius 3 is 2.47 bits per heavy atom. The van der Waals surface area contributed by atoms with Crippen molar-refractivity contribution >= 4 is 5.97 Å². The Balaban J connectivity index is 1.76. The molecular formula is C16H22O3. The molecule has 2 rings (SSSR count). The van der Waals surface area contributed by atoms with Crippen molar-refractivity contribution in [1.29, 1.82) is 0 Å². The van der Waals surface area contributed by atoms with Crippen LogP contribution in [-0.2, 0) is 16.1 Å². The highest BCUT2D eigenvalue weighted by Gasteiger charge is 2.29. The van der Waals surface area contributed by atoms with E-state index >= 15 is 0 Å². The van der Waals surface area contributed by atoms with Gasteiger partial charge in [-0.2, -0.15) is 0 Å². The second-order valence-electron chi connectivity index (χ2n) is 5.45. The number of rotatable bonds is 4. The summed E-state index contributed by atoms with van der Waals surface area (Å²) in [4.78, 5) is 12.0. The summed E-state index contributed by atoms with van der Waals surface area (Å²) in [6, 6.07) is 9.74. The molecule has 1 aromatic carbocycles. The number of carbonyl (C=O) groups is 1. The van der Waals surface area contributed by atoms with Crippen LogP contribution in [0.1, 0.15) is 38.2 Å². The van der Waals surface area contributed by atoms with Gasteiger partial charge in [-0.15, -0.1) is 0 Å². The summed E-state index contributed by atoms with van der Waals surface area (Å²) in [7, 11) is 0. The molecule has 1 aromatic rings. The summed E-state index contributed by atoms with van der Waals surface area (Å²) < 4.78 is 5.36. The Morgan fingerprint density at radius 2 is 1.89 bits per heavy atom. The quantitative estimate of drug-likeness (QED) is 0.849. The van der Waals surface area contributed by atoms with Gasteiger partial charge in [0.25, 0.3) is 0 Å². The van der Waals surface area contributed by atoms with Crippen molar-refractivity contribution in [2.45, 2.75) is 45.3 Å². The van der Waals surface area contributed by atoms with E-state index < -0.39 is 0 Å². The molecule has 0 saturated heterocycles. The van der Waals surface area contributed by atoms with E-state index in [9.17, 15) is 9.90 Å². The predicted molar refractivity (Wildman–Crippen MR) is 73.4 cm³/mol. The van der Waals surface area contributed by atoms with Gasteiger partial charge in [0.1, 0.15) is 6.61 Å². The van der Waals surface area contributed by atoms with Crippen LogP contribution in [0.15, 0.2) is 30.3 Å². The third kappa shape index (κ3) is 4.06. The lowest BCUT2D eigenvalue weighted by molar-refractivity contribution is -0.151. The lowest BCUT2D eigenvalue weighted by atomic mass is 9.80. The minimum absolute atomic E-state index is 0.0127. The molecule has 0 aliphatic heterocycles. The van der Waals surface area contributed by atoms with Crippen LogP contribution in [0.25, 0.3) is 0 Å². The summed E-state index contributed by atoms with van der Waals surface area (Å²) in [5.74, 6) is 0.268. The zero-order chi connectivity index (χ0) is 13.7. The van der Waals surface area contributed by atoms with Gasteiger partial charge < -0.3 is 9.84 Å².